The number of hydrogen-bond donors (Lipinski definition) is 3. The van der Waals surface area contributed by atoms with Crippen LogP contribution in [0.1, 0.15) is 18.3 Å². The van der Waals surface area contributed by atoms with Crippen LogP contribution in [0.5, 0.6) is 0 Å². The molecule has 0 aliphatic carbocycles. The summed E-state index contributed by atoms with van der Waals surface area (Å²) in [6.45, 7) is 5.34. The summed E-state index contributed by atoms with van der Waals surface area (Å²) in [6, 6.07) is 12.7. The summed E-state index contributed by atoms with van der Waals surface area (Å²) < 4.78 is 0. The number of hydrogen-bond acceptors (Lipinski definition) is 3. The zero-order valence-corrected chi connectivity index (χ0v) is 16.1. The third-order valence-electron chi connectivity index (χ3n) is 4.39. The van der Waals surface area contributed by atoms with Crippen LogP contribution in [0.25, 0.3) is 10.9 Å². The molecule has 3 N–H and O–H groups in total. The Morgan fingerprint density at radius 2 is 2.04 bits per heavy atom. The van der Waals surface area contributed by atoms with E-state index in [4.69, 9.17) is 11.6 Å². The lowest BCUT2D eigenvalue weighted by Crippen LogP contribution is -3.11. The number of benzene rings is 2. The van der Waals surface area contributed by atoms with E-state index in [1.165, 1.54) is 0 Å². The second kappa shape index (κ2) is 8.33. The second-order valence-electron chi connectivity index (χ2n) is 6.52. The molecule has 1 heterocycles. The van der Waals surface area contributed by atoms with E-state index in [0.29, 0.717) is 40.5 Å². The van der Waals surface area contributed by atoms with Crippen LogP contribution in [-0.4, -0.2) is 29.0 Å². The molecule has 0 bridgehead atoms. The number of likely N-dealkylation sites (N-methyl/N-ethyl adjacent to an activating group) is 1. The Morgan fingerprint density at radius 3 is 2.78 bits per heavy atom. The zero-order valence-electron chi connectivity index (χ0n) is 15.3. The van der Waals surface area contributed by atoms with Crippen LogP contribution in [-0.2, 0) is 11.3 Å². The van der Waals surface area contributed by atoms with E-state index in [1.54, 1.807) is 12.1 Å². The van der Waals surface area contributed by atoms with Crippen molar-refractivity contribution in [2.75, 3.05) is 18.4 Å². The number of rotatable bonds is 6. The summed E-state index contributed by atoms with van der Waals surface area (Å²) in [6.07, 6.45) is 0. The molecule has 3 rings (SSSR count). The van der Waals surface area contributed by atoms with Crippen LogP contribution in [0.2, 0.25) is 5.02 Å². The first kappa shape index (κ1) is 19.1. The van der Waals surface area contributed by atoms with Crippen molar-refractivity contribution in [3.63, 3.8) is 0 Å². The van der Waals surface area contributed by atoms with Crippen LogP contribution < -0.4 is 15.8 Å². The predicted molar refractivity (Wildman–Crippen MR) is 107 cm³/mol. The van der Waals surface area contributed by atoms with Crippen molar-refractivity contribution in [2.45, 2.75) is 20.4 Å². The van der Waals surface area contributed by atoms with Gasteiger partial charge in [0, 0.05) is 0 Å². The van der Waals surface area contributed by atoms with Gasteiger partial charge in [-0.3, -0.25) is 9.59 Å². The molecule has 0 saturated heterocycles. The molecular formula is C20H22ClN4O2+. The zero-order chi connectivity index (χ0) is 19.4. The highest BCUT2D eigenvalue weighted by Gasteiger charge is 2.16. The molecule has 2 aromatic carbocycles. The average molecular weight is 386 g/mol. The van der Waals surface area contributed by atoms with Crippen LogP contribution in [0.15, 0.2) is 47.3 Å². The molecule has 1 atom stereocenters. The van der Waals surface area contributed by atoms with Crippen LogP contribution in [0.4, 0.5) is 5.69 Å². The molecule has 7 heteroatoms. The predicted octanol–water partition coefficient (Wildman–Crippen LogP) is 1.93. The normalized spacial score (nSPS) is 12.1. The van der Waals surface area contributed by atoms with Crippen molar-refractivity contribution in [1.82, 2.24) is 9.97 Å². The van der Waals surface area contributed by atoms with E-state index in [2.05, 4.69) is 15.3 Å². The highest BCUT2D eigenvalue weighted by Crippen LogP contribution is 2.22. The third kappa shape index (κ3) is 4.72. The molecular weight excluding hydrogens is 364 g/mol. The maximum atomic E-state index is 12.4. The average Bonchev–Trinajstić information content (AvgIpc) is 2.63. The monoisotopic (exact) mass is 385 g/mol. The fourth-order valence-electron chi connectivity index (χ4n) is 2.91. The van der Waals surface area contributed by atoms with Gasteiger partial charge in [-0.05, 0) is 43.7 Å². The summed E-state index contributed by atoms with van der Waals surface area (Å²) in [5.74, 6) is 0.428. The largest absolute Gasteiger partial charge is 0.321 e. The number of aromatic amines is 1. The van der Waals surface area contributed by atoms with Gasteiger partial charge >= 0.3 is 0 Å². The van der Waals surface area contributed by atoms with Crippen LogP contribution in [0.3, 0.4) is 0 Å². The van der Waals surface area contributed by atoms with Gasteiger partial charge in [-0.1, -0.05) is 29.8 Å². The molecule has 6 nitrogen and oxygen atoms in total. The van der Waals surface area contributed by atoms with E-state index in [1.807, 2.05) is 44.2 Å². The van der Waals surface area contributed by atoms with Crippen molar-refractivity contribution in [3.05, 3.63) is 69.2 Å². The molecule has 1 aromatic heterocycles. The lowest BCUT2D eigenvalue weighted by molar-refractivity contribution is -0.904. The smallest absolute Gasteiger partial charge is 0.279 e. The van der Waals surface area contributed by atoms with Crippen molar-refractivity contribution in [2.24, 2.45) is 0 Å². The number of carbonyl (C=O) groups excluding carboxylic acids is 1. The number of nitrogens with zero attached hydrogens (tertiary/aromatic N) is 1. The minimum atomic E-state index is -0.165. The topological polar surface area (TPSA) is 79.3 Å². The van der Waals surface area contributed by atoms with Crippen molar-refractivity contribution in [1.29, 1.82) is 0 Å². The number of anilines is 1. The fraction of sp³-hybridized carbons (Fsp3) is 0.250. The number of amides is 1. The van der Waals surface area contributed by atoms with E-state index in [0.717, 1.165) is 10.5 Å². The highest BCUT2D eigenvalue weighted by molar-refractivity contribution is 6.33. The molecule has 1 unspecified atom stereocenters. The van der Waals surface area contributed by atoms with Gasteiger partial charge in [-0.15, -0.1) is 0 Å². The SMILES string of the molecule is CC[NH+](CC(=O)Nc1ccc(C)cc1Cl)Cc1nc2ccccc2c(=O)[nH]1. The number of para-hydroxylation sites is 1. The van der Waals surface area contributed by atoms with Gasteiger partial charge in [0.25, 0.3) is 11.5 Å². The van der Waals surface area contributed by atoms with Crippen molar-refractivity contribution >= 4 is 34.1 Å². The first-order valence-corrected chi connectivity index (χ1v) is 9.21. The standard InChI is InChI=1S/C20H21ClN4O2/c1-3-25(12-19(26)23-17-9-8-13(2)10-15(17)21)11-18-22-16-7-5-4-6-14(16)20(27)24-18/h4-10H,3,11-12H2,1-2H3,(H,23,26)(H,22,24,27)/p+1. The van der Waals surface area contributed by atoms with Crippen LogP contribution >= 0.6 is 11.6 Å². The highest BCUT2D eigenvalue weighted by atomic mass is 35.5. The summed E-state index contributed by atoms with van der Waals surface area (Å²) in [7, 11) is 0. The van der Waals surface area contributed by atoms with E-state index < -0.39 is 0 Å². The minimum absolute atomic E-state index is 0.138. The van der Waals surface area contributed by atoms with E-state index in [-0.39, 0.29) is 18.0 Å². The first-order chi connectivity index (χ1) is 13.0. The third-order valence-corrected chi connectivity index (χ3v) is 4.70. The molecule has 0 saturated carbocycles. The number of nitrogens with one attached hydrogen (secondary N) is 3. The Labute approximate surface area is 162 Å². The number of aromatic nitrogens is 2. The lowest BCUT2D eigenvalue weighted by Gasteiger charge is -2.17. The number of carbonyl (C=O) groups is 1. The van der Waals surface area contributed by atoms with Crippen molar-refractivity contribution < 1.29 is 9.69 Å². The van der Waals surface area contributed by atoms with E-state index >= 15 is 0 Å². The Bertz CT molecular complexity index is 1030. The fourth-order valence-corrected chi connectivity index (χ4v) is 3.19. The minimum Gasteiger partial charge on any atom is -0.321 e. The molecule has 0 spiro atoms. The summed E-state index contributed by atoms with van der Waals surface area (Å²) >= 11 is 6.18. The molecule has 0 fully saturated rings. The van der Waals surface area contributed by atoms with Gasteiger partial charge in [0.05, 0.1) is 28.2 Å². The van der Waals surface area contributed by atoms with Gasteiger partial charge in [-0.25, -0.2) is 4.98 Å². The number of halogens is 1. The summed E-state index contributed by atoms with van der Waals surface area (Å²) in [5.41, 5.74) is 2.12. The number of quaternary nitrogens is 1. The maximum Gasteiger partial charge on any atom is 0.279 e. The summed E-state index contributed by atoms with van der Waals surface area (Å²) in [4.78, 5) is 32.9. The molecule has 140 valence electrons. The molecule has 0 aliphatic rings. The van der Waals surface area contributed by atoms with Gasteiger partial charge in [0.15, 0.2) is 12.4 Å². The Morgan fingerprint density at radius 1 is 1.26 bits per heavy atom. The van der Waals surface area contributed by atoms with E-state index in [9.17, 15) is 9.59 Å². The maximum absolute atomic E-state index is 12.4. The van der Waals surface area contributed by atoms with Gasteiger partial charge in [0.2, 0.25) is 0 Å². The van der Waals surface area contributed by atoms with Gasteiger partial charge in [-0.2, -0.15) is 0 Å². The first-order valence-electron chi connectivity index (χ1n) is 8.83. The molecule has 1 amide bonds. The van der Waals surface area contributed by atoms with Gasteiger partial charge in [0.1, 0.15) is 6.54 Å². The molecule has 27 heavy (non-hydrogen) atoms. The Balaban J connectivity index is 1.70. The lowest BCUT2D eigenvalue weighted by atomic mass is 10.2. The molecule has 3 aromatic rings. The Hall–Kier alpha value is -2.70. The summed E-state index contributed by atoms with van der Waals surface area (Å²) in [5, 5.41) is 3.92. The van der Waals surface area contributed by atoms with Gasteiger partial charge < -0.3 is 15.2 Å². The van der Waals surface area contributed by atoms with Crippen LogP contribution in [0, 0.1) is 6.92 Å². The number of fused-ring (bicyclic) bond motifs is 1. The van der Waals surface area contributed by atoms with Crippen molar-refractivity contribution in [3.8, 4) is 0 Å². The molecule has 0 radical (unpaired) electrons. The quantitative estimate of drug-likeness (QED) is 0.606. The second-order valence-corrected chi connectivity index (χ2v) is 6.93. The number of H-pyrrole nitrogens is 1. The number of aryl methyl sites for hydroxylation is 1. The Kier molecular flexibility index (Phi) is 5.88. The molecule has 0 aliphatic heterocycles.